The lowest BCUT2D eigenvalue weighted by atomic mass is 10.2. The highest BCUT2D eigenvalue weighted by molar-refractivity contribution is 14.1. The van der Waals surface area contributed by atoms with Crippen molar-refractivity contribution in [1.29, 1.82) is 0 Å². The molecule has 27 heavy (non-hydrogen) atoms. The molecule has 8 heteroatoms. The van der Waals surface area contributed by atoms with Crippen LogP contribution in [-0.2, 0) is 0 Å². The topological polar surface area (TPSA) is 45.7 Å². The Morgan fingerprint density at radius 3 is 2.59 bits per heavy atom. The summed E-state index contributed by atoms with van der Waals surface area (Å²) < 4.78 is 7.25. The number of ether oxygens (including phenoxy) is 1. The van der Waals surface area contributed by atoms with E-state index in [-0.39, 0.29) is 18.3 Å². The van der Waals surface area contributed by atoms with Crippen molar-refractivity contribution < 1.29 is 9.53 Å². The summed E-state index contributed by atoms with van der Waals surface area (Å²) in [7, 11) is 5.63. The maximum absolute atomic E-state index is 13.2. The van der Waals surface area contributed by atoms with E-state index in [1.54, 1.807) is 12.0 Å². The zero-order valence-corrected chi connectivity index (χ0v) is 19.1. The van der Waals surface area contributed by atoms with Crippen LogP contribution in [0.1, 0.15) is 10.4 Å². The molecule has 1 heterocycles. The SMILES string of the molecule is COc1ccc2sc(N(CCN(C)C)C(=O)c3ccccc3I)nc2c1.Cl. The maximum atomic E-state index is 13.2. The van der Waals surface area contributed by atoms with E-state index in [0.29, 0.717) is 17.2 Å². The van der Waals surface area contributed by atoms with Crippen molar-refractivity contribution in [2.75, 3.05) is 39.2 Å². The molecule has 3 aromatic rings. The Hall–Kier alpha value is -1.42. The lowest BCUT2D eigenvalue weighted by molar-refractivity contribution is 0.0984. The molecule has 0 bridgehead atoms. The van der Waals surface area contributed by atoms with Crippen molar-refractivity contribution in [3.63, 3.8) is 0 Å². The number of nitrogens with zero attached hydrogens (tertiary/aromatic N) is 3. The van der Waals surface area contributed by atoms with Gasteiger partial charge in [-0.2, -0.15) is 0 Å². The third-order valence-electron chi connectivity index (χ3n) is 3.93. The summed E-state index contributed by atoms with van der Waals surface area (Å²) in [6.07, 6.45) is 0. The van der Waals surface area contributed by atoms with Crippen LogP contribution in [0.4, 0.5) is 5.13 Å². The second-order valence-electron chi connectivity index (χ2n) is 6.07. The van der Waals surface area contributed by atoms with Crippen molar-refractivity contribution in [3.05, 3.63) is 51.6 Å². The first-order chi connectivity index (χ1) is 12.5. The second-order valence-corrected chi connectivity index (χ2v) is 8.24. The summed E-state index contributed by atoms with van der Waals surface area (Å²) in [5.41, 5.74) is 1.54. The predicted octanol–water partition coefficient (Wildman–Crippen LogP) is 4.54. The molecule has 0 fully saturated rings. The monoisotopic (exact) mass is 517 g/mol. The van der Waals surface area contributed by atoms with Crippen LogP contribution in [0.5, 0.6) is 5.75 Å². The molecule has 3 rings (SSSR count). The Morgan fingerprint density at radius 2 is 1.93 bits per heavy atom. The van der Waals surface area contributed by atoms with Gasteiger partial charge in [-0.3, -0.25) is 9.69 Å². The Kier molecular flexibility index (Phi) is 7.84. The largest absolute Gasteiger partial charge is 0.497 e. The molecule has 0 unspecified atom stereocenters. The summed E-state index contributed by atoms with van der Waals surface area (Å²) in [6.45, 7) is 1.34. The Balaban J connectivity index is 0.00000261. The number of amides is 1. The highest BCUT2D eigenvalue weighted by Gasteiger charge is 2.23. The molecule has 0 aliphatic rings. The Morgan fingerprint density at radius 1 is 1.19 bits per heavy atom. The van der Waals surface area contributed by atoms with Crippen molar-refractivity contribution in [3.8, 4) is 5.75 Å². The number of likely N-dealkylation sites (N-methyl/N-ethyl adjacent to an activating group) is 1. The van der Waals surface area contributed by atoms with E-state index in [1.807, 2.05) is 56.6 Å². The van der Waals surface area contributed by atoms with Crippen LogP contribution < -0.4 is 9.64 Å². The summed E-state index contributed by atoms with van der Waals surface area (Å²) in [6, 6.07) is 13.4. The summed E-state index contributed by atoms with van der Waals surface area (Å²) >= 11 is 3.72. The van der Waals surface area contributed by atoms with E-state index in [4.69, 9.17) is 9.72 Å². The highest BCUT2D eigenvalue weighted by atomic mass is 127. The smallest absolute Gasteiger partial charge is 0.261 e. The number of fused-ring (bicyclic) bond motifs is 1. The average Bonchev–Trinajstić information content (AvgIpc) is 3.04. The summed E-state index contributed by atoms with van der Waals surface area (Å²) in [5, 5.41) is 0.708. The molecular weight excluding hydrogens is 497 g/mol. The Labute approximate surface area is 182 Å². The van der Waals surface area contributed by atoms with Gasteiger partial charge in [0.05, 0.1) is 22.9 Å². The summed E-state index contributed by atoms with van der Waals surface area (Å²) in [5.74, 6) is 0.737. The zero-order chi connectivity index (χ0) is 18.7. The number of thiazole rings is 1. The highest BCUT2D eigenvalue weighted by Crippen LogP contribution is 2.32. The Bertz CT molecular complexity index is 932. The van der Waals surface area contributed by atoms with Gasteiger partial charge >= 0.3 is 0 Å². The molecule has 0 aliphatic heterocycles. The summed E-state index contributed by atoms with van der Waals surface area (Å²) in [4.78, 5) is 21.8. The van der Waals surface area contributed by atoms with E-state index in [0.717, 1.165) is 26.1 Å². The number of benzene rings is 2. The van der Waals surface area contributed by atoms with Gasteiger partial charge in [-0.25, -0.2) is 4.98 Å². The number of halogens is 2. The fourth-order valence-electron chi connectivity index (χ4n) is 2.50. The van der Waals surface area contributed by atoms with Crippen molar-refractivity contribution in [1.82, 2.24) is 9.88 Å². The minimum atomic E-state index is -0.0251. The van der Waals surface area contributed by atoms with E-state index in [1.165, 1.54) is 11.3 Å². The lowest BCUT2D eigenvalue weighted by Gasteiger charge is -2.22. The molecule has 1 amide bonds. The maximum Gasteiger partial charge on any atom is 0.261 e. The molecule has 0 saturated heterocycles. The first-order valence-electron chi connectivity index (χ1n) is 8.15. The first-order valence-corrected chi connectivity index (χ1v) is 10.0. The lowest BCUT2D eigenvalue weighted by Crippen LogP contribution is -2.37. The van der Waals surface area contributed by atoms with Crippen molar-refractivity contribution >= 4 is 67.6 Å². The van der Waals surface area contributed by atoms with Crippen LogP contribution in [-0.4, -0.2) is 50.1 Å². The van der Waals surface area contributed by atoms with Gasteiger partial charge in [0.2, 0.25) is 0 Å². The fourth-order valence-corrected chi connectivity index (χ4v) is 4.09. The predicted molar refractivity (Wildman–Crippen MR) is 123 cm³/mol. The third kappa shape index (κ3) is 5.10. The zero-order valence-electron chi connectivity index (χ0n) is 15.3. The molecule has 1 aromatic heterocycles. The number of hydrogen-bond donors (Lipinski definition) is 0. The van der Waals surface area contributed by atoms with Gasteiger partial charge in [0.15, 0.2) is 5.13 Å². The van der Waals surface area contributed by atoms with E-state index >= 15 is 0 Å². The molecule has 0 radical (unpaired) electrons. The van der Waals surface area contributed by atoms with Crippen LogP contribution in [0.15, 0.2) is 42.5 Å². The molecule has 0 N–H and O–H groups in total. The minimum Gasteiger partial charge on any atom is -0.497 e. The standard InChI is InChI=1S/C19H20IN3O2S.ClH/c1-22(2)10-11-23(18(24)14-6-4-5-7-15(14)20)19-21-16-12-13(25-3)8-9-17(16)26-19;/h4-9,12H,10-11H2,1-3H3;1H. The van der Waals surface area contributed by atoms with Gasteiger partial charge in [0.1, 0.15) is 5.75 Å². The quantitative estimate of drug-likeness (QED) is 0.451. The van der Waals surface area contributed by atoms with Crippen molar-refractivity contribution in [2.24, 2.45) is 0 Å². The van der Waals surface area contributed by atoms with Gasteiger partial charge < -0.3 is 9.64 Å². The third-order valence-corrected chi connectivity index (χ3v) is 5.93. The van der Waals surface area contributed by atoms with Crippen LogP contribution in [0, 0.1) is 3.57 Å². The first kappa shape index (κ1) is 21.9. The van der Waals surface area contributed by atoms with Crippen LogP contribution in [0.25, 0.3) is 10.2 Å². The van der Waals surface area contributed by atoms with Crippen LogP contribution in [0.2, 0.25) is 0 Å². The molecule has 0 aliphatic carbocycles. The molecule has 0 saturated carbocycles. The van der Waals surface area contributed by atoms with E-state index < -0.39 is 0 Å². The average molecular weight is 518 g/mol. The van der Waals surface area contributed by atoms with Gasteiger partial charge in [0, 0.05) is 22.7 Å². The molecule has 0 spiro atoms. The number of anilines is 1. The van der Waals surface area contributed by atoms with Gasteiger partial charge in [0.25, 0.3) is 5.91 Å². The normalized spacial score (nSPS) is 10.7. The van der Waals surface area contributed by atoms with Crippen LogP contribution in [0.3, 0.4) is 0 Å². The number of aromatic nitrogens is 1. The van der Waals surface area contributed by atoms with Crippen LogP contribution >= 0.6 is 46.3 Å². The fraction of sp³-hybridized carbons (Fsp3) is 0.263. The number of rotatable bonds is 6. The number of carbonyl (C=O) groups excluding carboxylic acids is 1. The van der Waals surface area contributed by atoms with Gasteiger partial charge in [-0.15, -0.1) is 12.4 Å². The minimum absolute atomic E-state index is 0. The van der Waals surface area contributed by atoms with Gasteiger partial charge in [-0.05, 0) is 61.0 Å². The van der Waals surface area contributed by atoms with Gasteiger partial charge in [-0.1, -0.05) is 23.5 Å². The number of hydrogen-bond acceptors (Lipinski definition) is 5. The number of methoxy groups -OCH3 is 1. The molecular formula is C19H21ClIN3O2S. The molecule has 144 valence electrons. The second kappa shape index (κ2) is 9.68. The number of carbonyl (C=O) groups is 1. The van der Waals surface area contributed by atoms with E-state index in [2.05, 4.69) is 27.5 Å². The van der Waals surface area contributed by atoms with E-state index in [9.17, 15) is 4.79 Å². The molecule has 2 aromatic carbocycles. The van der Waals surface area contributed by atoms with Crippen molar-refractivity contribution in [2.45, 2.75) is 0 Å². The molecule has 5 nitrogen and oxygen atoms in total. The molecule has 0 atom stereocenters.